The Morgan fingerprint density at radius 3 is 2.52 bits per heavy atom. The number of Topliss-reactive ketones (excluding diaryl/α,β-unsaturated/α-hetero) is 1. The van der Waals surface area contributed by atoms with Crippen LogP contribution < -0.4 is 23.5 Å². The van der Waals surface area contributed by atoms with Crippen LogP contribution in [0.3, 0.4) is 0 Å². The molecule has 9 nitrogen and oxygen atoms in total. The molecule has 3 aromatic rings. The molecule has 0 saturated carbocycles. The Kier molecular flexibility index (Phi) is 8.12. The number of carbonyl (C=O) groups excluding carboxylic acids is 3. The number of ether oxygens (including phenoxy) is 5. The van der Waals surface area contributed by atoms with E-state index in [0.717, 1.165) is 64.7 Å². The number of ketones is 2. The van der Waals surface area contributed by atoms with E-state index in [2.05, 4.69) is 10.8 Å². The van der Waals surface area contributed by atoms with Gasteiger partial charge in [-0.2, -0.15) is 4.57 Å². The van der Waals surface area contributed by atoms with Crippen LogP contribution in [0.2, 0.25) is 0 Å². The lowest BCUT2D eigenvalue weighted by Crippen LogP contribution is -2.41. The lowest BCUT2D eigenvalue weighted by molar-refractivity contribution is -0.686. The highest BCUT2D eigenvalue weighted by molar-refractivity contribution is 6.22. The van der Waals surface area contributed by atoms with Crippen molar-refractivity contribution < 1.29 is 42.6 Å². The third-order valence-corrected chi connectivity index (χ3v) is 8.79. The topological polar surface area (TPSA) is 101 Å². The zero-order valence-corrected chi connectivity index (χ0v) is 25.5. The molecule has 44 heavy (non-hydrogen) atoms. The van der Waals surface area contributed by atoms with Crippen LogP contribution in [0.15, 0.2) is 53.3 Å². The van der Waals surface area contributed by atoms with Gasteiger partial charge in [-0.05, 0) is 75.4 Å². The molecule has 0 unspecified atom stereocenters. The molecule has 2 aliphatic heterocycles. The normalized spacial score (nSPS) is 15.2. The summed E-state index contributed by atoms with van der Waals surface area (Å²) in [7, 11) is 3.22. The number of benzene rings is 2. The van der Waals surface area contributed by atoms with Crippen molar-refractivity contribution in [3.8, 4) is 34.3 Å². The summed E-state index contributed by atoms with van der Waals surface area (Å²) >= 11 is 0. The largest absolute Gasteiger partial charge is 0.493 e. The average Bonchev–Trinajstić information content (AvgIpc) is 3.49. The second kappa shape index (κ2) is 12.1. The number of methoxy groups -OCH3 is 2. The zero-order valence-electron chi connectivity index (χ0n) is 25.5. The van der Waals surface area contributed by atoms with E-state index in [1.54, 1.807) is 28.1 Å². The van der Waals surface area contributed by atoms with E-state index in [0.29, 0.717) is 46.8 Å². The van der Waals surface area contributed by atoms with Gasteiger partial charge in [-0.15, -0.1) is 0 Å². The molecule has 3 aliphatic rings. The van der Waals surface area contributed by atoms with E-state index in [4.69, 9.17) is 23.7 Å². The molecule has 0 bridgehead atoms. The summed E-state index contributed by atoms with van der Waals surface area (Å²) in [5, 5.41) is 1.74. The summed E-state index contributed by atoms with van der Waals surface area (Å²) < 4.78 is 30.5. The molecule has 6 rings (SSSR count). The first-order chi connectivity index (χ1) is 21.3. The minimum absolute atomic E-state index is 0.0512. The zero-order chi connectivity index (χ0) is 31.0. The van der Waals surface area contributed by atoms with E-state index in [1.807, 2.05) is 24.3 Å². The smallest absolute Gasteiger partial charge is 0.310 e. The van der Waals surface area contributed by atoms with Crippen LogP contribution >= 0.6 is 0 Å². The Morgan fingerprint density at radius 2 is 1.75 bits per heavy atom. The van der Waals surface area contributed by atoms with Crippen molar-refractivity contribution >= 4 is 28.3 Å². The van der Waals surface area contributed by atoms with Crippen LogP contribution in [0.25, 0.3) is 22.0 Å². The molecule has 0 atom stereocenters. The number of aromatic nitrogens is 1. The molecule has 0 amide bonds. The first-order valence-electron chi connectivity index (χ1n) is 15.0. The fourth-order valence-electron chi connectivity index (χ4n) is 6.28. The van der Waals surface area contributed by atoms with Crippen LogP contribution in [-0.2, 0) is 38.5 Å². The second-order valence-electron chi connectivity index (χ2n) is 11.3. The van der Waals surface area contributed by atoms with E-state index in [1.165, 1.54) is 6.08 Å². The number of esters is 1. The van der Waals surface area contributed by atoms with Crippen molar-refractivity contribution in [2.45, 2.75) is 58.9 Å². The van der Waals surface area contributed by atoms with Gasteiger partial charge >= 0.3 is 5.97 Å². The number of carbonyl (C=O) groups is 3. The number of fused-ring (bicyclic) bond motifs is 5. The number of nitrogens with zero attached hydrogens (tertiary/aromatic N) is 1. The molecule has 0 N–H and O–H groups in total. The maximum atomic E-state index is 13.3. The van der Waals surface area contributed by atoms with Gasteiger partial charge in [0.2, 0.25) is 12.5 Å². The Labute approximate surface area is 256 Å². The van der Waals surface area contributed by atoms with Crippen molar-refractivity contribution in [1.29, 1.82) is 0 Å². The number of allylic oxidation sites excluding steroid dienone is 4. The van der Waals surface area contributed by atoms with Crippen molar-refractivity contribution in [3.05, 3.63) is 64.4 Å². The summed E-state index contributed by atoms with van der Waals surface area (Å²) in [4.78, 5) is 37.9. The highest BCUT2D eigenvalue weighted by atomic mass is 16.7. The average molecular weight is 599 g/mol. The Hall–Kier alpha value is -4.66. The molecule has 1 aromatic heterocycles. The van der Waals surface area contributed by atoms with Crippen molar-refractivity contribution in [2.75, 3.05) is 27.6 Å². The van der Waals surface area contributed by atoms with E-state index < -0.39 is 0 Å². The summed E-state index contributed by atoms with van der Waals surface area (Å²) in [6.45, 7) is 4.57. The molecular weight excluding hydrogens is 562 g/mol. The molecule has 3 heterocycles. The van der Waals surface area contributed by atoms with Gasteiger partial charge in [-0.3, -0.25) is 14.4 Å². The van der Waals surface area contributed by atoms with Gasteiger partial charge < -0.3 is 23.7 Å². The fourth-order valence-corrected chi connectivity index (χ4v) is 6.28. The quantitative estimate of drug-likeness (QED) is 0.137. The first-order valence-corrected chi connectivity index (χ1v) is 15.0. The molecule has 0 fully saturated rings. The molecule has 228 valence electrons. The molecule has 0 saturated heterocycles. The lowest BCUT2D eigenvalue weighted by Gasteiger charge is -2.20. The van der Waals surface area contributed by atoms with Crippen LogP contribution in [0.5, 0.6) is 23.0 Å². The summed E-state index contributed by atoms with van der Waals surface area (Å²) in [6.07, 6.45) is 7.10. The van der Waals surface area contributed by atoms with Gasteiger partial charge in [0, 0.05) is 34.1 Å². The highest BCUT2D eigenvalue weighted by Gasteiger charge is 2.33. The fraction of sp³-hybridized carbons (Fsp3) is 0.371. The Bertz CT molecular complexity index is 1770. The molecule has 0 radical (unpaired) electrons. The number of pyridine rings is 1. The van der Waals surface area contributed by atoms with Gasteiger partial charge in [0.25, 0.3) is 0 Å². The van der Waals surface area contributed by atoms with Gasteiger partial charge in [-0.1, -0.05) is 0 Å². The molecule has 2 aromatic carbocycles. The third kappa shape index (κ3) is 5.31. The first kappa shape index (κ1) is 29.4. The van der Waals surface area contributed by atoms with Crippen LogP contribution in [0.1, 0.15) is 50.7 Å². The maximum absolute atomic E-state index is 13.3. The number of hydrogen-bond donors (Lipinski definition) is 0. The third-order valence-electron chi connectivity index (χ3n) is 8.79. The minimum Gasteiger partial charge on any atom is -0.493 e. The van der Waals surface area contributed by atoms with Crippen LogP contribution in [0, 0.1) is 0 Å². The molecule has 1 aliphatic carbocycles. The van der Waals surface area contributed by atoms with Gasteiger partial charge in [0.05, 0.1) is 38.2 Å². The Morgan fingerprint density at radius 1 is 0.955 bits per heavy atom. The van der Waals surface area contributed by atoms with Gasteiger partial charge in [0.1, 0.15) is 0 Å². The number of rotatable bonds is 10. The second-order valence-corrected chi connectivity index (χ2v) is 11.3. The number of unbranched alkanes of at least 4 members (excludes halogenated alkanes) is 2. The maximum Gasteiger partial charge on any atom is 0.310 e. The summed E-state index contributed by atoms with van der Waals surface area (Å²) in [6, 6.07) is 7.86. The van der Waals surface area contributed by atoms with Crippen molar-refractivity contribution in [1.82, 2.24) is 0 Å². The van der Waals surface area contributed by atoms with Crippen molar-refractivity contribution in [3.63, 3.8) is 0 Å². The van der Waals surface area contributed by atoms with Crippen LogP contribution in [-0.4, -0.2) is 45.2 Å². The minimum atomic E-state index is -0.324. The van der Waals surface area contributed by atoms with E-state index in [9.17, 15) is 14.4 Å². The molecule has 9 heteroatoms. The van der Waals surface area contributed by atoms with E-state index >= 15 is 0 Å². The summed E-state index contributed by atoms with van der Waals surface area (Å²) in [5.74, 6) is 2.19. The number of hydrogen-bond acceptors (Lipinski definition) is 8. The SMILES string of the molecule is COc1ccc2c(CC(=O)OCCCCCC3=CC(=O)C(C)=C(C)C3=O)c3[n+](cc2c1OC)CCc1cc2c(cc1-3)OCO2. The number of aryl methyl sites for hydroxylation is 2. The molecular formula is C35H36NO8+. The monoisotopic (exact) mass is 598 g/mol. The lowest BCUT2D eigenvalue weighted by atomic mass is 9.89. The van der Waals surface area contributed by atoms with Gasteiger partial charge in [-0.25, -0.2) is 0 Å². The molecule has 0 spiro atoms. The predicted octanol–water partition coefficient (Wildman–Crippen LogP) is 5.16. The highest BCUT2D eigenvalue weighted by Crippen LogP contribution is 2.43. The Balaban J connectivity index is 1.20. The van der Waals surface area contributed by atoms with Crippen LogP contribution in [0.4, 0.5) is 0 Å². The van der Waals surface area contributed by atoms with Crippen molar-refractivity contribution in [2.24, 2.45) is 0 Å². The standard InChI is InChI=1S/C35H36NO8/c1-20-21(2)34(39)23(14-28(20)37)8-6-5-7-13-42-32(38)17-26-24-9-10-29(40-3)35(41-4)27(24)18-36-12-11-22-15-30-31(44-19-43-30)16-25(22)33(26)36/h9-10,14-16,18H,5-8,11-13,17,19H2,1-4H3/q+1. The van der Waals surface area contributed by atoms with E-state index in [-0.39, 0.29) is 37.4 Å². The predicted molar refractivity (Wildman–Crippen MR) is 162 cm³/mol. The van der Waals surface area contributed by atoms with Gasteiger partial charge in [0.15, 0.2) is 47.3 Å². The summed E-state index contributed by atoms with van der Waals surface area (Å²) in [5.41, 5.74) is 5.54.